The Kier molecular flexibility index (Phi) is 7.09. The molecule has 3 aromatic rings. The molecule has 202 valence electrons. The van der Waals surface area contributed by atoms with Crippen LogP contribution in [0.1, 0.15) is 37.5 Å². The number of aryl methyl sites for hydroxylation is 1. The van der Waals surface area contributed by atoms with Crippen molar-refractivity contribution in [3.63, 3.8) is 0 Å². The Labute approximate surface area is 231 Å². The number of fused-ring (bicyclic) bond motifs is 1. The third-order valence-electron chi connectivity index (χ3n) is 6.96. The van der Waals surface area contributed by atoms with Crippen LogP contribution in [-0.4, -0.2) is 51.7 Å². The summed E-state index contributed by atoms with van der Waals surface area (Å²) in [5.41, 5.74) is 5.41. The lowest BCUT2D eigenvalue weighted by molar-refractivity contribution is -0.147. The fourth-order valence-electron chi connectivity index (χ4n) is 5.06. The summed E-state index contributed by atoms with van der Waals surface area (Å²) in [4.78, 5) is 38.7. The first-order valence-corrected chi connectivity index (χ1v) is 13.0. The van der Waals surface area contributed by atoms with Gasteiger partial charge in [0.1, 0.15) is 30.1 Å². The SMILES string of the molecule is CC(=O)OCCN1C(=O)C(C#N)=C(C)/C(=C\c2cn(-c3ccccc3)nc2-c2cc(C)c3c(c2)CC(C)O3)C1=O. The molecule has 0 saturated carbocycles. The number of esters is 1. The highest BCUT2D eigenvalue weighted by molar-refractivity contribution is 6.19. The predicted molar refractivity (Wildman–Crippen MR) is 147 cm³/mol. The lowest BCUT2D eigenvalue weighted by Gasteiger charge is -2.27. The van der Waals surface area contributed by atoms with Crippen molar-refractivity contribution >= 4 is 23.9 Å². The Bertz CT molecular complexity index is 1640. The number of carbonyl (C=O) groups is 3. The average Bonchev–Trinajstić information content (AvgIpc) is 3.52. The topological polar surface area (TPSA) is 115 Å². The van der Waals surface area contributed by atoms with Gasteiger partial charge >= 0.3 is 5.97 Å². The molecule has 0 radical (unpaired) electrons. The van der Waals surface area contributed by atoms with Gasteiger partial charge in [-0.05, 0) is 67.8 Å². The van der Waals surface area contributed by atoms with Crippen LogP contribution in [0.3, 0.4) is 0 Å². The van der Waals surface area contributed by atoms with Crippen LogP contribution in [0.25, 0.3) is 23.0 Å². The van der Waals surface area contributed by atoms with Crippen molar-refractivity contribution in [1.82, 2.24) is 14.7 Å². The van der Waals surface area contributed by atoms with Gasteiger partial charge in [-0.25, -0.2) is 4.68 Å². The number of nitrogens with zero attached hydrogens (tertiary/aromatic N) is 4. The van der Waals surface area contributed by atoms with Gasteiger partial charge in [-0.1, -0.05) is 18.2 Å². The lowest BCUT2D eigenvalue weighted by atomic mass is 9.93. The predicted octanol–water partition coefficient (Wildman–Crippen LogP) is 4.33. The number of rotatable bonds is 6. The monoisotopic (exact) mass is 536 g/mol. The number of hydrogen-bond donors (Lipinski definition) is 0. The summed E-state index contributed by atoms with van der Waals surface area (Å²) in [5, 5.41) is 14.6. The Balaban J connectivity index is 1.65. The Morgan fingerprint density at radius 3 is 2.65 bits per heavy atom. The van der Waals surface area contributed by atoms with E-state index in [0.29, 0.717) is 11.3 Å². The van der Waals surface area contributed by atoms with Gasteiger partial charge in [-0.15, -0.1) is 0 Å². The maximum Gasteiger partial charge on any atom is 0.302 e. The van der Waals surface area contributed by atoms with Gasteiger partial charge in [-0.3, -0.25) is 19.3 Å². The van der Waals surface area contributed by atoms with Crippen LogP contribution >= 0.6 is 0 Å². The van der Waals surface area contributed by atoms with Gasteiger partial charge in [0.15, 0.2) is 0 Å². The summed E-state index contributed by atoms with van der Waals surface area (Å²) in [7, 11) is 0. The van der Waals surface area contributed by atoms with E-state index in [2.05, 4.69) is 6.07 Å². The first kappa shape index (κ1) is 26.6. The van der Waals surface area contributed by atoms with E-state index in [1.165, 1.54) is 6.92 Å². The summed E-state index contributed by atoms with van der Waals surface area (Å²) >= 11 is 0. The zero-order valence-electron chi connectivity index (χ0n) is 22.7. The first-order chi connectivity index (χ1) is 19.2. The summed E-state index contributed by atoms with van der Waals surface area (Å²) in [6.07, 6.45) is 4.36. The molecule has 1 aromatic heterocycles. The van der Waals surface area contributed by atoms with E-state index in [-0.39, 0.29) is 36.0 Å². The molecular weight excluding hydrogens is 508 g/mol. The molecule has 5 rings (SSSR count). The summed E-state index contributed by atoms with van der Waals surface area (Å²) in [6, 6.07) is 15.6. The molecule has 9 heteroatoms. The number of hydrogen-bond acceptors (Lipinski definition) is 7. The molecule has 0 spiro atoms. The molecular formula is C31H28N4O5. The molecule has 0 N–H and O–H groups in total. The van der Waals surface area contributed by atoms with Crippen molar-refractivity contribution < 1.29 is 23.9 Å². The minimum atomic E-state index is -0.710. The molecule has 0 aliphatic carbocycles. The van der Waals surface area contributed by atoms with E-state index in [1.54, 1.807) is 17.7 Å². The zero-order chi connectivity index (χ0) is 28.6. The van der Waals surface area contributed by atoms with Crippen molar-refractivity contribution in [2.24, 2.45) is 0 Å². The van der Waals surface area contributed by atoms with Gasteiger partial charge in [0.05, 0.1) is 17.9 Å². The second-order valence-electron chi connectivity index (χ2n) is 9.90. The highest BCUT2D eigenvalue weighted by Gasteiger charge is 2.36. The fourth-order valence-corrected chi connectivity index (χ4v) is 5.06. The smallest absolute Gasteiger partial charge is 0.302 e. The van der Waals surface area contributed by atoms with Gasteiger partial charge in [0.25, 0.3) is 11.8 Å². The normalized spacial score (nSPS) is 17.6. The van der Waals surface area contributed by atoms with Crippen LogP contribution in [-0.2, 0) is 25.5 Å². The van der Waals surface area contributed by atoms with E-state index in [9.17, 15) is 19.6 Å². The second kappa shape index (κ2) is 10.7. The van der Waals surface area contributed by atoms with Crippen LogP contribution in [0.4, 0.5) is 0 Å². The van der Waals surface area contributed by atoms with Gasteiger partial charge in [0.2, 0.25) is 0 Å². The number of amides is 2. The van der Waals surface area contributed by atoms with Crippen molar-refractivity contribution in [2.45, 2.75) is 40.2 Å². The Morgan fingerprint density at radius 1 is 1.20 bits per heavy atom. The molecule has 2 aliphatic heterocycles. The third-order valence-corrected chi connectivity index (χ3v) is 6.96. The van der Waals surface area contributed by atoms with Crippen molar-refractivity contribution in [3.8, 4) is 28.8 Å². The Hall–Kier alpha value is -4.97. The standard InChI is InChI=1S/C31H28N4O5/c1-18-12-22(14-23-13-19(2)40-29(18)23)28-24(17-35(33-28)25-8-6-5-7-9-25)15-26-20(3)27(16-32)31(38)34(30(26)37)10-11-39-21(4)36/h5-9,12,14-15,17,19H,10-11,13H2,1-4H3/b26-15+. The molecule has 1 unspecified atom stereocenters. The average molecular weight is 537 g/mol. The molecule has 0 bridgehead atoms. The minimum absolute atomic E-state index is 0.0833. The number of benzene rings is 2. The van der Waals surface area contributed by atoms with Gasteiger partial charge in [0, 0.05) is 36.2 Å². The number of ether oxygens (including phenoxy) is 2. The van der Waals surface area contributed by atoms with E-state index >= 15 is 0 Å². The maximum atomic E-state index is 13.6. The maximum absolute atomic E-state index is 13.6. The van der Waals surface area contributed by atoms with Crippen LogP contribution in [0.15, 0.2) is 65.4 Å². The fraction of sp³-hybridized carbons (Fsp3) is 0.258. The molecule has 40 heavy (non-hydrogen) atoms. The van der Waals surface area contributed by atoms with Gasteiger partial charge < -0.3 is 9.47 Å². The number of carbonyl (C=O) groups excluding carboxylic acids is 3. The number of aromatic nitrogens is 2. The van der Waals surface area contributed by atoms with Crippen molar-refractivity contribution in [2.75, 3.05) is 13.2 Å². The molecule has 3 heterocycles. The summed E-state index contributed by atoms with van der Waals surface area (Å²) in [5.74, 6) is -0.917. The zero-order valence-corrected chi connectivity index (χ0v) is 22.7. The molecule has 2 aliphatic rings. The van der Waals surface area contributed by atoms with Crippen LogP contribution in [0, 0.1) is 18.3 Å². The summed E-state index contributed by atoms with van der Waals surface area (Å²) < 4.78 is 12.7. The molecule has 2 amide bonds. The number of imide groups is 1. The van der Waals surface area contributed by atoms with Crippen molar-refractivity contribution in [1.29, 1.82) is 5.26 Å². The number of para-hydroxylation sites is 1. The van der Waals surface area contributed by atoms with Crippen molar-refractivity contribution in [3.05, 3.63) is 82.1 Å². The van der Waals surface area contributed by atoms with Gasteiger partial charge in [-0.2, -0.15) is 10.4 Å². The summed E-state index contributed by atoms with van der Waals surface area (Å²) in [6.45, 7) is 6.54. The van der Waals surface area contributed by atoms with E-state index < -0.39 is 17.8 Å². The first-order valence-electron chi connectivity index (χ1n) is 13.0. The molecule has 0 fully saturated rings. The highest BCUT2D eigenvalue weighted by atomic mass is 16.5. The minimum Gasteiger partial charge on any atom is -0.490 e. The lowest BCUT2D eigenvalue weighted by Crippen LogP contribution is -2.44. The van der Waals surface area contributed by atoms with E-state index in [4.69, 9.17) is 14.6 Å². The van der Waals surface area contributed by atoms with E-state index in [1.807, 2.05) is 62.5 Å². The van der Waals surface area contributed by atoms with Crippen LogP contribution in [0.2, 0.25) is 0 Å². The molecule has 0 saturated heterocycles. The van der Waals surface area contributed by atoms with Crippen LogP contribution < -0.4 is 4.74 Å². The largest absolute Gasteiger partial charge is 0.490 e. The third kappa shape index (κ3) is 4.92. The second-order valence-corrected chi connectivity index (χ2v) is 9.90. The molecule has 2 aromatic carbocycles. The van der Waals surface area contributed by atoms with E-state index in [0.717, 1.165) is 39.4 Å². The Morgan fingerprint density at radius 2 is 1.95 bits per heavy atom. The number of nitriles is 1. The molecule has 1 atom stereocenters. The molecule has 9 nitrogen and oxygen atoms in total. The highest BCUT2D eigenvalue weighted by Crippen LogP contribution is 2.38. The van der Waals surface area contributed by atoms with Crippen LogP contribution in [0.5, 0.6) is 5.75 Å². The quantitative estimate of drug-likeness (QED) is 0.262.